The predicted molar refractivity (Wildman–Crippen MR) is 123 cm³/mol. The first kappa shape index (κ1) is 19.1. The molecule has 0 saturated carbocycles. The minimum absolute atomic E-state index is 0.102. The van der Waals surface area contributed by atoms with Crippen LogP contribution in [0.25, 0.3) is 10.8 Å². The standard InChI is InChI=1S/C27H22N2O2/c30-26(29-22-9-2-1-3-10-22)21-8-4-6-18(16-21)17-28-27(31)24-15-14-20-13-12-19-7-5-11-23(24)25(19)20/h1-11,14-16H,12-13,17H2,(H,28,31)(H,29,30). The van der Waals surface area contributed by atoms with Crippen molar-refractivity contribution >= 4 is 28.3 Å². The van der Waals surface area contributed by atoms with Crippen LogP contribution in [0.2, 0.25) is 0 Å². The lowest BCUT2D eigenvalue weighted by atomic mass is 9.99. The van der Waals surface area contributed by atoms with Crippen LogP contribution in [-0.2, 0) is 19.4 Å². The number of carbonyl (C=O) groups excluding carboxylic acids is 2. The van der Waals surface area contributed by atoms with Gasteiger partial charge < -0.3 is 10.6 Å². The van der Waals surface area contributed by atoms with E-state index in [0.717, 1.165) is 29.5 Å². The molecule has 152 valence electrons. The molecule has 0 saturated heterocycles. The van der Waals surface area contributed by atoms with Crippen LogP contribution in [0.4, 0.5) is 5.69 Å². The molecule has 0 bridgehead atoms. The topological polar surface area (TPSA) is 58.2 Å². The van der Waals surface area contributed by atoms with Crippen molar-refractivity contribution in [3.63, 3.8) is 0 Å². The largest absolute Gasteiger partial charge is 0.348 e. The number of benzene rings is 4. The summed E-state index contributed by atoms with van der Waals surface area (Å²) in [6, 6.07) is 26.9. The zero-order valence-corrected chi connectivity index (χ0v) is 17.0. The molecule has 0 radical (unpaired) electrons. The van der Waals surface area contributed by atoms with E-state index in [0.29, 0.717) is 17.7 Å². The second kappa shape index (κ2) is 8.07. The van der Waals surface area contributed by atoms with Gasteiger partial charge >= 0.3 is 0 Å². The molecule has 1 aliphatic carbocycles. The van der Waals surface area contributed by atoms with E-state index in [2.05, 4.69) is 22.8 Å². The minimum Gasteiger partial charge on any atom is -0.348 e. The third-order valence-electron chi connectivity index (χ3n) is 5.80. The zero-order valence-electron chi connectivity index (χ0n) is 17.0. The molecular formula is C27H22N2O2. The molecule has 2 amide bonds. The highest BCUT2D eigenvalue weighted by atomic mass is 16.2. The van der Waals surface area contributed by atoms with Gasteiger partial charge in [0.05, 0.1) is 0 Å². The van der Waals surface area contributed by atoms with Crippen LogP contribution in [0.3, 0.4) is 0 Å². The minimum atomic E-state index is -0.174. The Hall–Kier alpha value is -3.92. The highest BCUT2D eigenvalue weighted by Crippen LogP contribution is 2.32. The van der Waals surface area contributed by atoms with E-state index in [1.165, 1.54) is 16.5 Å². The number of rotatable bonds is 5. The van der Waals surface area contributed by atoms with Crippen molar-refractivity contribution in [1.29, 1.82) is 0 Å². The Morgan fingerprint density at radius 3 is 2.35 bits per heavy atom. The lowest BCUT2D eigenvalue weighted by Crippen LogP contribution is -2.23. The second-order valence-corrected chi connectivity index (χ2v) is 7.82. The van der Waals surface area contributed by atoms with Gasteiger partial charge in [0.25, 0.3) is 11.8 Å². The molecule has 4 heteroatoms. The highest BCUT2D eigenvalue weighted by molar-refractivity contribution is 6.09. The van der Waals surface area contributed by atoms with E-state index in [4.69, 9.17) is 0 Å². The molecule has 2 N–H and O–H groups in total. The van der Waals surface area contributed by atoms with Gasteiger partial charge in [-0.25, -0.2) is 0 Å². The van der Waals surface area contributed by atoms with Crippen molar-refractivity contribution in [2.24, 2.45) is 0 Å². The number of hydrogen-bond donors (Lipinski definition) is 2. The van der Waals surface area contributed by atoms with E-state index in [1.807, 2.05) is 66.7 Å². The first-order chi connectivity index (χ1) is 15.2. The Labute approximate surface area is 180 Å². The summed E-state index contributed by atoms with van der Waals surface area (Å²) in [5.41, 5.74) is 5.51. The summed E-state index contributed by atoms with van der Waals surface area (Å²) in [7, 11) is 0. The number of hydrogen-bond acceptors (Lipinski definition) is 2. The molecule has 0 unspecified atom stereocenters. The second-order valence-electron chi connectivity index (χ2n) is 7.82. The average Bonchev–Trinajstić information content (AvgIpc) is 3.23. The molecule has 1 aliphatic rings. The molecule has 0 fully saturated rings. The van der Waals surface area contributed by atoms with E-state index in [-0.39, 0.29) is 11.8 Å². The van der Waals surface area contributed by atoms with Gasteiger partial charge in [-0.05, 0) is 70.6 Å². The number of para-hydroxylation sites is 1. The Morgan fingerprint density at radius 2 is 1.52 bits per heavy atom. The zero-order chi connectivity index (χ0) is 21.2. The van der Waals surface area contributed by atoms with Gasteiger partial charge in [0.15, 0.2) is 0 Å². The quantitative estimate of drug-likeness (QED) is 0.483. The highest BCUT2D eigenvalue weighted by Gasteiger charge is 2.18. The number of nitrogens with one attached hydrogen (secondary N) is 2. The van der Waals surface area contributed by atoms with Crippen molar-refractivity contribution in [2.75, 3.05) is 5.32 Å². The van der Waals surface area contributed by atoms with E-state index >= 15 is 0 Å². The Kier molecular flexibility index (Phi) is 4.97. The molecule has 0 aliphatic heterocycles. The fourth-order valence-electron chi connectivity index (χ4n) is 4.27. The maximum Gasteiger partial charge on any atom is 0.255 e. The van der Waals surface area contributed by atoms with Crippen LogP contribution < -0.4 is 10.6 Å². The maximum absolute atomic E-state index is 12.9. The Bertz CT molecular complexity index is 1290. The fraction of sp³-hybridized carbons (Fsp3) is 0.111. The maximum atomic E-state index is 12.9. The van der Waals surface area contributed by atoms with Crippen LogP contribution in [0.1, 0.15) is 37.4 Å². The van der Waals surface area contributed by atoms with Gasteiger partial charge in [0.2, 0.25) is 0 Å². The fourth-order valence-corrected chi connectivity index (χ4v) is 4.27. The summed E-state index contributed by atoms with van der Waals surface area (Å²) in [5, 5.41) is 8.14. The lowest BCUT2D eigenvalue weighted by Gasteiger charge is -2.11. The van der Waals surface area contributed by atoms with Crippen LogP contribution in [0, 0.1) is 0 Å². The normalized spacial score (nSPS) is 12.0. The van der Waals surface area contributed by atoms with Crippen LogP contribution in [0.15, 0.2) is 84.9 Å². The van der Waals surface area contributed by atoms with Crippen molar-refractivity contribution in [3.8, 4) is 0 Å². The van der Waals surface area contributed by atoms with Crippen LogP contribution >= 0.6 is 0 Å². The molecule has 4 aromatic carbocycles. The van der Waals surface area contributed by atoms with Crippen molar-refractivity contribution < 1.29 is 9.59 Å². The molecule has 4 nitrogen and oxygen atoms in total. The average molecular weight is 406 g/mol. The number of carbonyl (C=O) groups is 2. The first-order valence-electron chi connectivity index (χ1n) is 10.5. The van der Waals surface area contributed by atoms with Crippen molar-refractivity contribution in [1.82, 2.24) is 5.32 Å². The number of amides is 2. The van der Waals surface area contributed by atoms with Gasteiger partial charge in [0.1, 0.15) is 0 Å². The summed E-state index contributed by atoms with van der Waals surface area (Å²) in [4.78, 5) is 25.5. The van der Waals surface area contributed by atoms with E-state index < -0.39 is 0 Å². The summed E-state index contributed by atoms with van der Waals surface area (Å²) in [6.07, 6.45) is 2.07. The molecule has 5 rings (SSSR count). The Morgan fingerprint density at radius 1 is 0.742 bits per heavy atom. The van der Waals surface area contributed by atoms with Gasteiger partial charge in [0, 0.05) is 23.4 Å². The van der Waals surface area contributed by atoms with E-state index in [1.54, 1.807) is 6.07 Å². The lowest BCUT2D eigenvalue weighted by molar-refractivity contribution is 0.0952. The van der Waals surface area contributed by atoms with Gasteiger partial charge in [-0.15, -0.1) is 0 Å². The van der Waals surface area contributed by atoms with Gasteiger partial charge in [-0.2, -0.15) is 0 Å². The Balaban J connectivity index is 1.31. The number of aryl methyl sites for hydroxylation is 2. The monoisotopic (exact) mass is 406 g/mol. The van der Waals surface area contributed by atoms with Crippen molar-refractivity contribution in [3.05, 3.63) is 113 Å². The first-order valence-corrected chi connectivity index (χ1v) is 10.5. The third kappa shape index (κ3) is 3.80. The molecule has 31 heavy (non-hydrogen) atoms. The van der Waals surface area contributed by atoms with Crippen LogP contribution in [0.5, 0.6) is 0 Å². The van der Waals surface area contributed by atoms with Crippen LogP contribution in [-0.4, -0.2) is 11.8 Å². The predicted octanol–water partition coefficient (Wildman–Crippen LogP) is 5.12. The summed E-state index contributed by atoms with van der Waals surface area (Å²) < 4.78 is 0. The molecule has 0 spiro atoms. The summed E-state index contributed by atoms with van der Waals surface area (Å²) in [5.74, 6) is -0.276. The molecule has 4 aromatic rings. The smallest absolute Gasteiger partial charge is 0.255 e. The van der Waals surface area contributed by atoms with Crippen molar-refractivity contribution in [2.45, 2.75) is 19.4 Å². The molecular weight excluding hydrogens is 384 g/mol. The van der Waals surface area contributed by atoms with Gasteiger partial charge in [-0.1, -0.05) is 54.6 Å². The molecule has 0 heterocycles. The number of anilines is 1. The van der Waals surface area contributed by atoms with E-state index in [9.17, 15) is 9.59 Å². The molecule has 0 atom stereocenters. The molecule has 0 aromatic heterocycles. The SMILES string of the molecule is O=C(Nc1ccccc1)c1cccc(CNC(=O)c2ccc3c4c(cccc24)CC3)c1. The third-order valence-corrected chi connectivity index (χ3v) is 5.80. The summed E-state index contributed by atoms with van der Waals surface area (Å²) >= 11 is 0. The van der Waals surface area contributed by atoms with Gasteiger partial charge in [-0.3, -0.25) is 9.59 Å². The summed E-state index contributed by atoms with van der Waals surface area (Å²) in [6.45, 7) is 0.355.